The van der Waals surface area contributed by atoms with Crippen LogP contribution in [0.15, 0.2) is 48.9 Å². The number of amides is 2. The van der Waals surface area contributed by atoms with Gasteiger partial charge in [0.1, 0.15) is 5.82 Å². The summed E-state index contributed by atoms with van der Waals surface area (Å²) < 4.78 is 0. The van der Waals surface area contributed by atoms with Gasteiger partial charge in [-0.15, -0.1) is 0 Å². The Balaban J connectivity index is 1.36. The number of nitrogens with one attached hydrogen (secondary N) is 1. The van der Waals surface area contributed by atoms with Crippen LogP contribution in [0.1, 0.15) is 19.3 Å². The molecule has 136 valence electrons. The van der Waals surface area contributed by atoms with Crippen LogP contribution in [-0.4, -0.2) is 52.9 Å². The molecule has 2 aromatic heterocycles. The maximum Gasteiger partial charge on any atom is 0.224 e. The van der Waals surface area contributed by atoms with Crippen molar-refractivity contribution in [1.29, 1.82) is 0 Å². The van der Waals surface area contributed by atoms with Crippen molar-refractivity contribution in [2.24, 2.45) is 0 Å². The second kappa shape index (κ2) is 8.94. The van der Waals surface area contributed by atoms with Gasteiger partial charge in [0.05, 0.1) is 11.9 Å². The van der Waals surface area contributed by atoms with Gasteiger partial charge in [-0.25, -0.2) is 4.98 Å². The second-order valence-corrected chi connectivity index (χ2v) is 6.20. The van der Waals surface area contributed by atoms with E-state index in [2.05, 4.69) is 20.2 Å². The number of pyridine rings is 2. The summed E-state index contributed by atoms with van der Waals surface area (Å²) in [5.41, 5.74) is 0.675. The Kier molecular flexibility index (Phi) is 6.14. The fourth-order valence-electron chi connectivity index (χ4n) is 2.94. The van der Waals surface area contributed by atoms with E-state index in [-0.39, 0.29) is 11.8 Å². The Labute approximate surface area is 153 Å². The zero-order valence-electron chi connectivity index (χ0n) is 14.7. The molecular weight excluding hydrogens is 330 g/mol. The fourth-order valence-corrected chi connectivity index (χ4v) is 2.94. The van der Waals surface area contributed by atoms with Crippen LogP contribution < -0.4 is 10.2 Å². The molecule has 0 spiro atoms. The number of carbonyl (C=O) groups excluding carboxylic acids is 2. The van der Waals surface area contributed by atoms with Crippen molar-refractivity contribution in [2.75, 3.05) is 36.4 Å². The van der Waals surface area contributed by atoms with Crippen LogP contribution in [0.2, 0.25) is 0 Å². The number of rotatable bonds is 6. The summed E-state index contributed by atoms with van der Waals surface area (Å²) in [6.07, 6.45) is 6.30. The van der Waals surface area contributed by atoms with Gasteiger partial charge < -0.3 is 15.1 Å². The summed E-state index contributed by atoms with van der Waals surface area (Å²) >= 11 is 0. The van der Waals surface area contributed by atoms with Gasteiger partial charge in [0.15, 0.2) is 0 Å². The summed E-state index contributed by atoms with van der Waals surface area (Å²) in [4.78, 5) is 36.6. The number of nitrogens with zero attached hydrogens (tertiary/aromatic N) is 4. The van der Waals surface area contributed by atoms with Crippen LogP contribution >= 0.6 is 0 Å². The third-order valence-electron chi connectivity index (χ3n) is 4.35. The third kappa shape index (κ3) is 5.02. The average Bonchev–Trinajstić information content (AvgIpc) is 2.69. The molecule has 0 atom stereocenters. The van der Waals surface area contributed by atoms with Crippen LogP contribution in [0.5, 0.6) is 0 Å². The average molecular weight is 353 g/mol. The second-order valence-electron chi connectivity index (χ2n) is 6.20. The highest BCUT2D eigenvalue weighted by molar-refractivity contribution is 5.90. The summed E-state index contributed by atoms with van der Waals surface area (Å²) in [7, 11) is 0. The smallest absolute Gasteiger partial charge is 0.224 e. The predicted molar refractivity (Wildman–Crippen MR) is 99.7 cm³/mol. The Bertz CT molecular complexity index is 715. The minimum absolute atomic E-state index is 0.0919. The largest absolute Gasteiger partial charge is 0.353 e. The van der Waals surface area contributed by atoms with E-state index in [1.54, 1.807) is 30.7 Å². The lowest BCUT2D eigenvalue weighted by Crippen LogP contribution is -2.49. The molecule has 1 fully saturated rings. The first-order valence-corrected chi connectivity index (χ1v) is 8.86. The number of piperazine rings is 1. The van der Waals surface area contributed by atoms with Gasteiger partial charge in [0.25, 0.3) is 0 Å². The summed E-state index contributed by atoms with van der Waals surface area (Å²) in [5.74, 6) is 0.970. The fraction of sp³-hybridized carbons (Fsp3) is 0.368. The zero-order chi connectivity index (χ0) is 18.2. The van der Waals surface area contributed by atoms with Crippen molar-refractivity contribution < 1.29 is 9.59 Å². The first-order valence-electron chi connectivity index (χ1n) is 8.86. The van der Waals surface area contributed by atoms with Crippen molar-refractivity contribution in [1.82, 2.24) is 14.9 Å². The number of anilines is 2. The van der Waals surface area contributed by atoms with Gasteiger partial charge >= 0.3 is 0 Å². The molecular formula is C19H23N5O2. The monoisotopic (exact) mass is 353 g/mol. The van der Waals surface area contributed by atoms with E-state index < -0.39 is 0 Å². The van der Waals surface area contributed by atoms with E-state index in [1.165, 1.54) is 0 Å². The molecule has 1 saturated heterocycles. The van der Waals surface area contributed by atoms with E-state index in [0.29, 0.717) is 38.0 Å². The molecule has 7 nitrogen and oxygen atoms in total. The Morgan fingerprint density at radius 2 is 1.85 bits per heavy atom. The van der Waals surface area contributed by atoms with Crippen LogP contribution in [0.3, 0.4) is 0 Å². The Morgan fingerprint density at radius 1 is 1.00 bits per heavy atom. The Hall–Kier alpha value is -2.96. The molecule has 0 aromatic carbocycles. The topological polar surface area (TPSA) is 78.4 Å². The highest BCUT2D eigenvalue weighted by Crippen LogP contribution is 2.14. The van der Waals surface area contributed by atoms with E-state index >= 15 is 0 Å². The van der Waals surface area contributed by atoms with Gasteiger partial charge in [0, 0.05) is 51.4 Å². The molecule has 7 heteroatoms. The first-order chi connectivity index (χ1) is 12.7. The molecule has 2 aromatic rings. The van der Waals surface area contributed by atoms with E-state index in [0.717, 1.165) is 18.9 Å². The summed E-state index contributed by atoms with van der Waals surface area (Å²) in [5, 5.41) is 2.78. The molecule has 0 radical (unpaired) electrons. The van der Waals surface area contributed by atoms with Gasteiger partial charge in [-0.3, -0.25) is 14.6 Å². The van der Waals surface area contributed by atoms with Gasteiger partial charge in [-0.1, -0.05) is 6.07 Å². The molecule has 1 aliphatic rings. The summed E-state index contributed by atoms with van der Waals surface area (Å²) in [6, 6.07) is 9.41. The molecule has 1 N–H and O–H groups in total. The molecule has 0 saturated carbocycles. The Morgan fingerprint density at radius 3 is 2.54 bits per heavy atom. The minimum atomic E-state index is -0.0919. The van der Waals surface area contributed by atoms with Crippen LogP contribution in [0.4, 0.5) is 11.5 Å². The number of hydrogen-bond donors (Lipinski definition) is 1. The first kappa shape index (κ1) is 17.8. The SMILES string of the molecule is O=C(CCCC(=O)N1CCN(c2ccccn2)CC1)Nc1cccnc1. The van der Waals surface area contributed by atoms with Crippen molar-refractivity contribution >= 4 is 23.3 Å². The molecule has 0 unspecified atom stereocenters. The number of carbonyl (C=O) groups is 2. The van der Waals surface area contributed by atoms with Crippen molar-refractivity contribution in [3.63, 3.8) is 0 Å². The molecule has 3 rings (SSSR count). The van der Waals surface area contributed by atoms with Crippen molar-refractivity contribution in [3.05, 3.63) is 48.9 Å². The third-order valence-corrected chi connectivity index (χ3v) is 4.35. The molecule has 26 heavy (non-hydrogen) atoms. The predicted octanol–water partition coefficient (Wildman–Crippen LogP) is 1.93. The zero-order valence-corrected chi connectivity index (χ0v) is 14.7. The maximum atomic E-state index is 12.3. The lowest BCUT2D eigenvalue weighted by molar-refractivity contribution is -0.131. The highest BCUT2D eigenvalue weighted by atomic mass is 16.2. The number of hydrogen-bond acceptors (Lipinski definition) is 5. The summed E-state index contributed by atoms with van der Waals surface area (Å²) in [6.45, 7) is 2.95. The van der Waals surface area contributed by atoms with Crippen LogP contribution in [0, 0.1) is 0 Å². The maximum absolute atomic E-state index is 12.3. The molecule has 0 aliphatic carbocycles. The van der Waals surface area contributed by atoms with Crippen molar-refractivity contribution in [3.8, 4) is 0 Å². The molecule has 0 bridgehead atoms. The molecule has 2 amide bonds. The minimum Gasteiger partial charge on any atom is -0.353 e. The van der Waals surface area contributed by atoms with E-state index in [1.807, 2.05) is 23.1 Å². The molecule has 3 heterocycles. The van der Waals surface area contributed by atoms with Crippen LogP contribution in [-0.2, 0) is 9.59 Å². The van der Waals surface area contributed by atoms with Gasteiger partial charge in [-0.2, -0.15) is 0 Å². The number of aromatic nitrogens is 2. The molecule has 1 aliphatic heterocycles. The lowest BCUT2D eigenvalue weighted by Gasteiger charge is -2.35. The lowest BCUT2D eigenvalue weighted by atomic mass is 10.2. The van der Waals surface area contributed by atoms with E-state index in [9.17, 15) is 9.59 Å². The highest BCUT2D eigenvalue weighted by Gasteiger charge is 2.21. The van der Waals surface area contributed by atoms with Crippen molar-refractivity contribution in [2.45, 2.75) is 19.3 Å². The standard InChI is InChI=1S/C19H23N5O2/c25-18(22-16-5-4-9-20-15-16)7-3-8-19(26)24-13-11-23(12-14-24)17-6-1-2-10-21-17/h1-2,4-6,9-10,15H,3,7-8,11-14H2,(H,22,25). The van der Waals surface area contributed by atoms with E-state index in [4.69, 9.17) is 0 Å². The van der Waals surface area contributed by atoms with Gasteiger partial charge in [-0.05, 0) is 30.7 Å². The normalized spacial score (nSPS) is 14.2. The van der Waals surface area contributed by atoms with Gasteiger partial charge in [0.2, 0.25) is 11.8 Å². The quantitative estimate of drug-likeness (QED) is 0.859. The van der Waals surface area contributed by atoms with Crippen LogP contribution in [0.25, 0.3) is 0 Å².